The van der Waals surface area contributed by atoms with Crippen molar-refractivity contribution in [3.8, 4) is 0 Å². The first-order chi connectivity index (χ1) is 8.27. The molecule has 5 heteroatoms. The van der Waals surface area contributed by atoms with Crippen LogP contribution in [0.1, 0.15) is 13.3 Å². The third kappa shape index (κ3) is 2.36. The zero-order valence-corrected chi connectivity index (χ0v) is 10.8. The highest BCUT2D eigenvalue weighted by Crippen LogP contribution is 2.59. The lowest BCUT2D eigenvalue weighted by atomic mass is 9.96. The fourth-order valence-corrected chi connectivity index (χ4v) is 2.61. The fourth-order valence-electron chi connectivity index (χ4n) is 2.44. The third-order valence-electron chi connectivity index (χ3n) is 3.92. The van der Waals surface area contributed by atoms with E-state index in [4.69, 9.17) is 11.6 Å². The minimum absolute atomic E-state index is 0.0693. The standard InChI is InChI=1S/C13H15ClF3N/c1-8(12-5-10(12)6-18-7-12)3-4-11(14)9(2)13(15,16)17/h3-4,10,18H,1,5-7H2,2H3/b4-3-,11-9-/t10-,12+/m0/s1. The van der Waals surface area contributed by atoms with E-state index in [0.29, 0.717) is 5.92 Å². The molecule has 2 rings (SSSR count). The van der Waals surface area contributed by atoms with Crippen LogP contribution in [0.4, 0.5) is 13.2 Å². The second-order valence-corrected chi connectivity index (χ2v) is 5.42. The van der Waals surface area contributed by atoms with E-state index in [1.54, 1.807) is 6.08 Å². The molecule has 1 saturated heterocycles. The van der Waals surface area contributed by atoms with Gasteiger partial charge in [-0.1, -0.05) is 24.3 Å². The minimum atomic E-state index is -4.38. The van der Waals surface area contributed by atoms with Crippen LogP contribution in [0.25, 0.3) is 0 Å². The molecule has 1 aliphatic heterocycles. The highest BCUT2D eigenvalue weighted by Gasteiger charge is 2.57. The van der Waals surface area contributed by atoms with Crippen molar-refractivity contribution in [1.29, 1.82) is 0 Å². The van der Waals surface area contributed by atoms with Gasteiger partial charge in [0.15, 0.2) is 0 Å². The molecule has 0 aromatic carbocycles. The number of nitrogens with one attached hydrogen (secondary N) is 1. The first-order valence-corrected chi connectivity index (χ1v) is 6.17. The summed E-state index contributed by atoms with van der Waals surface area (Å²) in [4.78, 5) is 0. The normalized spacial score (nSPS) is 32.4. The summed E-state index contributed by atoms with van der Waals surface area (Å²) in [6, 6.07) is 0. The molecule has 0 aromatic rings. The summed E-state index contributed by atoms with van der Waals surface area (Å²) >= 11 is 5.64. The largest absolute Gasteiger partial charge is 0.413 e. The maximum atomic E-state index is 12.4. The molecule has 100 valence electrons. The van der Waals surface area contributed by atoms with Crippen LogP contribution >= 0.6 is 11.6 Å². The Morgan fingerprint density at radius 2 is 2.11 bits per heavy atom. The Kier molecular flexibility index (Phi) is 3.36. The van der Waals surface area contributed by atoms with Crippen LogP contribution in [-0.4, -0.2) is 19.3 Å². The first kappa shape index (κ1) is 13.7. The van der Waals surface area contributed by atoms with Gasteiger partial charge in [0.05, 0.1) is 0 Å². The van der Waals surface area contributed by atoms with Crippen LogP contribution in [0.15, 0.2) is 34.9 Å². The zero-order chi connectivity index (χ0) is 13.6. The second kappa shape index (κ2) is 4.42. The van der Waals surface area contributed by atoms with Crippen molar-refractivity contribution >= 4 is 11.6 Å². The molecule has 18 heavy (non-hydrogen) atoms. The maximum absolute atomic E-state index is 12.4. The Bertz CT molecular complexity index is 436. The summed E-state index contributed by atoms with van der Waals surface area (Å²) in [5.41, 5.74) is 0.160. The molecule has 0 amide bonds. The molecule has 1 nitrogen and oxygen atoms in total. The SMILES string of the molecule is C=C(/C=C\C(Cl)=C(/C)C(F)(F)F)[C@@]12CNC[C@@H]1C2. The topological polar surface area (TPSA) is 12.0 Å². The monoisotopic (exact) mass is 277 g/mol. The van der Waals surface area contributed by atoms with Gasteiger partial charge in [0, 0.05) is 22.6 Å². The smallest absolute Gasteiger partial charge is 0.316 e. The van der Waals surface area contributed by atoms with Gasteiger partial charge in [-0.25, -0.2) is 0 Å². The highest BCUT2D eigenvalue weighted by molar-refractivity contribution is 6.31. The van der Waals surface area contributed by atoms with Crippen LogP contribution in [-0.2, 0) is 0 Å². The van der Waals surface area contributed by atoms with E-state index >= 15 is 0 Å². The molecular weight excluding hydrogens is 263 g/mol. The van der Waals surface area contributed by atoms with E-state index in [9.17, 15) is 13.2 Å². The molecule has 2 fully saturated rings. The number of rotatable bonds is 3. The molecule has 1 N–H and O–H groups in total. The van der Waals surface area contributed by atoms with Crippen molar-refractivity contribution < 1.29 is 13.2 Å². The van der Waals surface area contributed by atoms with Crippen molar-refractivity contribution in [2.24, 2.45) is 11.3 Å². The highest BCUT2D eigenvalue weighted by atomic mass is 35.5. The Morgan fingerprint density at radius 3 is 2.56 bits per heavy atom. The molecule has 2 aliphatic rings. The summed E-state index contributed by atoms with van der Waals surface area (Å²) in [6.07, 6.45) is -0.388. The molecule has 0 unspecified atom stereocenters. The average Bonchev–Trinajstić information content (AvgIpc) is 2.86. The molecule has 0 bridgehead atoms. The number of hydrogen-bond donors (Lipinski definition) is 1. The quantitative estimate of drug-likeness (QED) is 0.774. The van der Waals surface area contributed by atoms with Gasteiger partial charge < -0.3 is 5.32 Å². The average molecular weight is 278 g/mol. The van der Waals surface area contributed by atoms with Crippen molar-refractivity contribution in [1.82, 2.24) is 5.32 Å². The molecule has 0 spiro atoms. The van der Waals surface area contributed by atoms with E-state index in [0.717, 1.165) is 32.0 Å². The van der Waals surface area contributed by atoms with Crippen LogP contribution < -0.4 is 5.32 Å². The number of hydrogen-bond acceptors (Lipinski definition) is 1. The lowest BCUT2D eigenvalue weighted by molar-refractivity contribution is -0.0915. The van der Waals surface area contributed by atoms with E-state index in [1.165, 1.54) is 6.08 Å². The molecule has 1 saturated carbocycles. The summed E-state index contributed by atoms with van der Waals surface area (Å²) in [5, 5.41) is 2.98. The first-order valence-electron chi connectivity index (χ1n) is 5.79. The predicted octanol–water partition coefficient (Wildman–Crippen LogP) is 3.78. The lowest BCUT2D eigenvalue weighted by Gasteiger charge is -2.12. The lowest BCUT2D eigenvalue weighted by Crippen LogP contribution is -2.16. The van der Waals surface area contributed by atoms with Crippen LogP contribution in [0, 0.1) is 11.3 Å². The van der Waals surface area contributed by atoms with Crippen molar-refractivity contribution in [3.63, 3.8) is 0 Å². The van der Waals surface area contributed by atoms with Gasteiger partial charge in [-0.3, -0.25) is 0 Å². The Morgan fingerprint density at radius 1 is 1.44 bits per heavy atom. The molecule has 0 radical (unpaired) electrons. The van der Waals surface area contributed by atoms with Crippen LogP contribution in [0.3, 0.4) is 0 Å². The molecule has 1 heterocycles. The van der Waals surface area contributed by atoms with E-state index in [2.05, 4.69) is 11.9 Å². The molecule has 0 aromatic heterocycles. The van der Waals surface area contributed by atoms with Crippen molar-refractivity contribution in [3.05, 3.63) is 34.9 Å². The number of fused-ring (bicyclic) bond motifs is 1. The Labute approximate surface area is 109 Å². The van der Waals surface area contributed by atoms with Gasteiger partial charge in [0.25, 0.3) is 0 Å². The summed E-state index contributed by atoms with van der Waals surface area (Å²) in [6.45, 7) is 6.76. The molecular formula is C13H15ClF3N. The van der Waals surface area contributed by atoms with Gasteiger partial charge in [-0.15, -0.1) is 0 Å². The second-order valence-electron chi connectivity index (χ2n) is 5.02. The maximum Gasteiger partial charge on any atom is 0.413 e. The zero-order valence-electron chi connectivity index (χ0n) is 10.1. The Balaban J connectivity index is 2.06. The number of halogens is 4. The van der Waals surface area contributed by atoms with Gasteiger partial charge >= 0.3 is 6.18 Å². The van der Waals surface area contributed by atoms with E-state index < -0.39 is 11.7 Å². The predicted molar refractivity (Wildman–Crippen MR) is 66.3 cm³/mol. The minimum Gasteiger partial charge on any atom is -0.316 e. The number of allylic oxidation sites excluding steroid dienone is 4. The van der Waals surface area contributed by atoms with E-state index in [1.807, 2.05) is 0 Å². The van der Waals surface area contributed by atoms with Crippen molar-refractivity contribution in [2.75, 3.05) is 13.1 Å². The fraction of sp³-hybridized carbons (Fsp3) is 0.538. The van der Waals surface area contributed by atoms with E-state index in [-0.39, 0.29) is 10.4 Å². The van der Waals surface area contributed by atoms with Crippen LogP contribution in [0.5, 0.6) is 0 Å². The number of alkyl halides is 3. The molecule has 1 aliphatic carbocycles. The van der Waals surface area contributed by atoms with Gasteiger partial charge in [-0.05, 0) is 37.5 Å². The Hall–Kier alpha value is -0.740. The summed E-state index contributed by atoms with van der Waals surface area (Å²) < 4.78 is 37.2. The van der Waals surface area contributed by atoms with Gasteiger partial charge in [0.2, 0.25) is 0 Å². The van der Waals surface area contributed by atoms with Crippen LogP contribution in [0.2, 0.25) is 0 Å². The summed E-state index contributed by atoms with van der Waals surface area (Å²) in [5.74, 6) is 0.584. The molecule has 2 atom stereocenters. The van der Waals surface area contributed by atoms with Gasteiger partial charge in [-0.2, -0.15) is 13.2 Å². The third-order valence-corrected chi connectivity index (χ3v) is 4.33. The van der Waals surface area contributed by atoms with Gasteiger partial charge in [0.1, 0.15) is 0 Å². The van der Waals surface area contributed by atoms with Crippen molar-refractivity contribution in [2.45, 2.75) is 19.5 Å². The number of piperidine rings is 1. The summed E-state index contributed by atoms with van der Waals surface area (Å²) in [7, 11) is 0.